The lowest BCUT2D eigenvalue weighted by atomic mass is 10.2. The van der Waals surface area contributed by atoms with E-state index >= 15 is 0 Å². The van der Waals surface area contributed by atoms with E-state index in [0.717, 1.165) is 11.3 Å². The molecule has 1 N–H and O–H groups in total. The summed E-state index contributed by atoms with van der Waals surface area (Å²) in [5, 5.41) is 16.9. The van der Waals surface area contributed by atoms with Crippen LogP contribution in [0.4, 0.5) is 0 Å². The van der Waals surface area contributed by atoms with Crippen molar-refractivity contribution in [1.82, 2.24) is 24.3 Å². The second-order valence-corrected chi connectivity index (χ2v) is 4.21. The van der Waals surface area contributed by atoms with Crippen molar-refractivity contribution in [3.05, 3.63) is 42.2 Å². The molecule has 0 saturated heterocycles. The van der Waals surface area contributed by atoms with E-state index in [1.54, 1.807) is 24.8 Å². The lowest BCUT2D eigenvalue weighted by Gasteiger charge is -2.04. The number of rotatable bonds is 3. The zero-order chi connectivity index (χ0) is 13.4. The molecule has 0 aliphatic rings. The highest BCUT2D eigenvalue weighted by Gasteiger charge is 2.13. The molecule has 3 aromatic rings. The number of fused-ring (bicyclic) bond motifs is 1. The first-order valence-electron chi connectivity index (χ1n) is 5.67. The first-order valence-corrected chi connectivity index (χ1v) is 5.67. The van der Waals surface area contributed by atoms with E-state index in [4.69, 9.17) is 5.11 Å². The van der Waals surface area contributed by atoms with Gasteiger partial charge in [0.2, 0.25) is 0 Å². The maximum absolute atomic E-state index is 11.1. The summed E-state index contributed by atoms with van der Waals surface area (Å²) in [5.74, 6) is -0.200. The van der Waals surface area contributed by atoms with Crippen molar-refractivity contribution in [3.63, 3.8) is 0 Å². The number of benzene rings is 1. The van der Waals surface area contributed by atoms with Crippen LogP contribution < -0.4 is 0 Å². The fraction of sp³-hybridized carbons (Fsp3) is 0.167. The maximum Gasteiger partial charge on any atom is 0.337 e. The van der Waals surface area contributed by atoms with Gasteiger partial charge in [-0.3, -0.25) is 0 Å². The van der Waals surface area contributed by atoms with E-state index in [1.165, 1.54) is 0 Å². The molecule has 2 heterocycles. The SMILES string of the molecule is Cn1cnnc1Cn1cnc2c(C(=O)O)cccc21. The Morgan fingerprint density at radius 2 is 2.21 bits per heavy atom. The van der Waals surface area contributed by atoms with Gasteiger partial charge in [0, 0.05) is 7.05 Å². The number of aryl methyl sites for hydroxylation is 1. The van der Waals surface area contributed by atoms with Crippen LogP contribution in [-0.2, 0) is 13.6 Å². The molecule has 0 unspecified atom stereocenters. The van der Waals surface area contributed by atoms with Crippen molar-refractivity contribution in [1.29, 1.82) is 0 Å². The van der Waals surface area contributed by atoms with Gasteiger partial charge in [0.1, 0.15) is 11.8 Å². The molecule has 3 rings (SSSR count). The van der Waals surface area contributed by atoms with Crippen LogP contribution in [0.15, 0.2) is 30.9 Å². The molecule has 96 valence electrons. The predicted molar refractivity (Wildman–Crippen MR) is 66.8 cm³/mol. The molecular weight excluding hydrogens is 246 g/mol. The number of carboxylic acid groups (broad SMARTS) is 1. The van der Waals surface area contributed by atoms with Crippen LogP contribution in [0.1, 0.15) is 16.2 Å². The Hall–Kier alpha value is -2.70. The summed E-state index contributed by atoms with van der Waals surface area (Å²) in [7, 11) is 1.86. The minimum absolute atomic E-state index is 0.203. The number of hydrogen-bond donors (Lipinski definition) is 1. The quantitative estimate of drug-likeness (QED) is 0.753. The minimum Gasteiger partial charge on any atom is -0.478 e. The molecule has 0 atom stereocenters. The standard InChI is InChI=1S/C12H11N5O2/c1-16-7-14-15-10(16)5-17-6-13-11-8(12(18)19)3-2-4-9(11)17/h2-4,6-7H,5H2,1H3,(H,18,19). The van der Waals surface area contributed by atoms with Gasteiger partial charge in [0.15, 0.2) is 5.82 Å². The van der Waals surface area contributed by atoms with Crippen LogP contribution in [0.2, 0.25) is 0 Å². The molecule has 7 heteroatoms. The number of carbonyl (C=O) groups is 1. The smallest absolute Gasteiger partial charge is 0.337 e. The van der Waals surface area contributed by atoms with Gasteiger partial charge in [-0.05, 0) is 12.1 Å². The monoisotopic (exact) mass is 257 g/mol. The van der Waals surface area contributed by atoms with Gasteiger partial charge in [-0.2, -0.15) is 0 Å². The van der Waals surface area contributed by atoms with Crippen molar-refractivity contribution in [2.75, 3.05) is 0 Å². The third-order valence-electron chi connectivity index (χ3n) is 3.00. The lowest BCUT2D eigenvalue weighted by molar-refractivity contribution is 0.0699. The summed E-state index contributed by atoms with van der Waals surface area (Å²) in [6.45, 7) is 0.496. The summed E-state index contributed by atoms with van der Waals surface area (Å²) in [6, 6.07) is 5.09. The highest BCUT2D eigenvalue weighted by Crippen LogP contribution is 2.18. The molecule has 1 aromatic carbocycles. The molecule has 19 heavy (non-hydrogen) atoms. The minimum atomic E-state index is -0.977. The number of imidazole rings is 1. The molecular formula is C12H11N5O2. The molecule has 0 aliphatic heterocycles. The lowest BCUT2D eigenvalue weighted by Crippen LogP contribution is -2.05. The fourth-order valence-electron chi connectivity index (χ4n) is 1.99. The molecule has 0 fully saturated rings. The summed E-state index contributed by atoms with van der Waals surface area (Å²) in [6.07, 6.45) is 3.24. The highest BCUT2D eigenvalue weighted by atomic mass is 16.4. The van der Waals surface area contributed by atoms with Gasteiger partial charge in [-0.15, -0.1) is 10.2 Å². The number of aromatic carboxylic acids is 1. The first-order chi connectivity index (χ1) is 9.16. The molecule has 0 aliphatic carbocycles. The zero-order valence-electron chi connectivity index (χ0n) is 10.2. The Morgan fingerprint density at radius 1 is 1.37 bits per heavy atom. The molecule has 0 radical (unpaired) electrons. The van der Waals surface area contributed by atoms with E-state index in [9.17, 15) is 4.79 Å². The Kier molecular flexibility index (Phi) is 2.52. The molecule has 0 bridgehead atoms. The van der Waals surface area contributed by atoms with E-state index in [0.29, 0.717) is 12.1 Å². The number of carboxylic acids is 1. The van der Waals surface area contributed by atoms with Crippen molar-refractivity contribution in [2.45, 2.75) is 6.54 Å². The topological polar surface area (TPSA) is 85.8 Å². The van der Waals surface area contributed by atoms with Gasteiger partial charge in [0.05, 0.1) is 24.0 Å². The Bertz CT molecular complexity index is 758. The highest BCUT2D eigenvalue weighted by molar-refractivity contribution is 6.00. The third kappa shape index (κ3) is 1.85. The van der Waals surface area contributed by atoms with E-state index in [1.807, 2.05) is 22.2 Å². The van der Waals surface area contributed by atoms with Crippen molar-refractivity contribution in [3.8, 4) is 0 Å². The number of aromatic nitrogens is 5. The largest absolute Gasteiger partial charge is 0.478 e. The fourth-order valence-corrected chi connectivity index (χ4v) is 1.99. The summed E-state index contributed by atoms with van der Waals surface area (Å²) in [4.78, 5) is 15.3. The van der Waals surface area contributed by atoms with Crippen LogP contribution in [-0.4, -0.2) is 35.4 Å². The van der Waals surface area contributed by atoms with Crippen LogP contribution in [0.3, 0.4) is 0 Å². The Balaban J connectivity index is 2.09. The Labute approximate surface area is 108 Å². The predicted octanol–water partition coefficient (Wildman–Crippen LogP) is 0.911. The molecule has 2 aromatic heterocycles. The molecule has 0 saturated carbocycles. The maximum atomic E-state index is 11.1. The zero-order valence-corrected chi connectivity index (χ0v) is 10.2. The second-order valence-electron chi connectivity index (χ2n) is 4.21. The average Bonchev–Trinajstić information content (AvgIpc) is 2.97. The average molecular weight is 257 g/mol. The van der Waals surface area contributed by atoms with Gasteiger partial charge < -0.3 is 14.2 Å². The molecule has 0 spiro atoms. The second kappa shape index (κ2) is 4.20. The molecule has 7 nitrogen and oxygen atoms in total. The van der Waals surface area contributed by atoms with E-state index < -0.39 is 5.97 Å². The van der Waals surface area contributed by atoms with E-state index in [-0.39, 0.29) is 5.56 Å². The Morgan fingerprint density at radius 3 is 2.89 bits per heavy atom. The summed E-state index contributed by atoms with van der Waals surface area (Å²) < 4.78 is 3.67. The van der Waals surface area contributed by atoms with Gasteiger partial charge in [-0.25, -0.2) is 9.78 Å². The number of hydrogen-bond acceptors (Lipinski definition) is 4. The number of nitrogens with zero attached hydrogens (tertiary/aromatic N) is 5. The van der Waals surface area contributed by atoms with Crippen molar-refractivity contribution in [2.24, 2.45) is 7.05 Å². The molecule has 0 amide bonds. The van der Waals surface area contributed by atoms with Crippen LogP contribution in [0, 0.1) is 0 Å². The van der Waals surface area contributed by atoms with Crippen molar-refractivity contribution >= 4 is 17.0 Å². The van der Waals surface area contributed by atoms with Gasteiger partial charge in [-0.1, -0.05) is 6.07 Å². The van der Waals surface area contributed by atoms with Crippen LogP contribution >= 0.6 is 0 Å². The first kappa shape index (κ1) is 11.4. The summed E-state index contributed by atoms with van der Waals surface area (Å²) in [5.41, 5.74) is 1.45. The normalized spacial score (nSPS) is 11.0. The number of para-hydroxylation sites is 1. The van der Waals surface area contributed by atoms with Gasteiger partial charge in [0.25, 0.3) is 0 Å². The van der Waals surface area contributed by atoms with Crippen molar-refractivity contribution < 1.29 is 9.90 Å². The van der Waals surface area contributed by atoms with E-state index in [2.05, 4.69) is 15.2 Å². The van der Waals surface area contributed by atoms with Gasteiger partial charge >= 0.3 is 5.97 Å². The summed E-state index contributed by atoms with van der Waals surface area (Å²) >= 11 is 0. The third-order valence-corrected chi connectivity index (χ3v) is 3.00. The van der Waals surface area contributed by atoms with Crippen LogP contribution in [0.5, 0.6) is 0 Å². The van der Waals surface area contributed by atoms with Crippen LogP contribution in [0.25, 0.3) is 11.0 Å².